The maximum Gasteiger partial charge on any atom is 0.0233 e. The molecule has 0 amide bonds. The Kier molecular flexibility index (Phi) is 4.46. The van der Waals surface area contributed by atoms with Crippen molar-refractivity contribution in [1.82, 2.24) is 4.90 Å². The van der Waals surface area contributed by atoms with Crippen LogP contribution in [0.25, 0.3) is 0 Å². The van der Waals surface area contributed by atoms with Crippen LogP contribution in [0.15, 0.2) is 24.3 Å². The van der Waals surface area contributed by atoms with E-state index in [1.54, 1.807) is 0 Å². The quantitative estimate of drug-likeness (QED) is 0.573. The molecule has 0 N–H and O–H groups in total. The smallest absolute Gasteiger partial charge is 0.0233 e. The predicted octanol–water partition coefficient (Wildman–Crippen LogP) is 3.51. The Bertz CT molecular complexity index is 312. The lowest BCUT2D eigenvalue weighted by Gasteiger charge is -2.15. The van der Waals surface area contributed by atoms with Crippen molar-refractivity contribution >= 4 is 38.5 Å². The van der Waals surface area contributed by atoms with Crippen LogP contribution in [-0.2, 0) is 6.54 Å². The van der Waals surface area contributed by atoms with Gasteiger partial charge < -0.3 is 0 Å². The largest absolute Gasteiger partial charge is 0.299 e. The zero-order valence-electron chi connectivity index (χ0n) is 8.63. The van der Waals surface area contributed by atoms with Crippen LogP contribution in [0.2, 0.25) is 0 Å². The number of likely N-dealkylation sites (tertiary alicyclic amines) is 1. The summed E-state index contributed by atoms with van der Waals surface area (Å²) >= 11 is 5.92. The normalized spacial score (nSPS) is 22.1. The van der Waals surface area contributed by atoms with E-state index in [9.17, 15) is 0 Å². The number of nitrogens with zero attached hydrogens (tertiary/aromatic N) is 1. The maximum atomic E-state index is 3.57. The van der Waals surface area contributed by atoms with Gasteiger partial charge in [0.25, 0.3) is 0 Å². The molecule has 0 aliphatic carbocycles. The lowest BCUT2D eigenvalue weighted by atomic mass is 10.2. The van der Waals surface area contributed by atoms with Crippen molar-refractivity contribution in [3.05, 3.63) is 33.4 Å². The van der Waals surface area contributed by atoms with Crippen molar-refractivity contribution in [2.75, 3.05) is 18.4 Å². The van der Waals surface area contributed by atoms with Crippen molar-refractivity contribution in [3.8, 4) is 0 Å². The van der Waals surface area contributed by atoms with Gasteiger partial charge in [-0.2, -0.15) is 0 Å². The molecule has 3 heteroatoms. The standard InChI is InChI=1S/C12H15BrIN/c13-7-11-5-6-15(9-11)8-10-1-3-12(14)4-2-10/h1-4,11H,5-9H2. The van der Waals surface area contributed by atoms with E-state index in [1.807, 2.05) is 0 Å². The first-order valence-corrected chi connectivity index (χ1v) is 7.50. The second-order valence-corrected chi connectivity index (χ2v) is 6.06. The van der Waals surface area contributed by atoms with Crippen LogP contribution in [0, 0.1) is 9.49 Å². The fraction of sp³-hybridized carbons (Fsp3) is 0.500. The van der Waals surface area contributed by atoms with Crippen molar-refractivity contribution in [2.24, 2.45) is 5.92 Å². The monoisotopic (exact) mass is 379 g/mol. The molecule has 1 atom stereocenters. The Morgan fingerprint density at radius 1 is 1.33 bits per heavy atom. The van der Waals surface area contributed by atoms with Gasteiger partial charge in [0.15, 0.2) is 0 Å². The number of alkyl halides is 1. The third kappa shape index (κ3) is 3.43. The van der Waals surface area contributed by atoms with Crippen molar-refractivity contribution in [1.29, 1.82) is 0 Å². The molecular weight excluding hydrogens is 365 g/mol. The summed E-state index contributed by atoms with van der Waals surface area (Å²) < 4.78 is 1.32. The fourth-order valence-corrected chi connectivity index (χ4v) is 2.92. The average Bonchev–Trinajstić information content (AvgIpc) is 2.69. The minimum atomic E-state index is 0.855. The van der Waals surface area contributed by atoms with E-state index < -0.39 is 0 Å². The maximum absolute atomic E-state index is 3.57. The molecule has 1 aliphatic heterocycles. The molecule has 1 nitrogen and oxygen atoms in total. The highest BCUT2D eigenvalue weighted by molar-refractivity contribution is 14.1. The minimum absolute atomic E-state index is 0.855. The second-order valence-electron chi connectivity index (χ2n) is 4.17. The van der Waals surface area contributed by atoms with Gasteiger partial charge in [-0.25, -0.2) is 0 Å². The Morgan fingerprint density at radius 3 is 2.67 bits per heavy atom. The summed E-state index contributed by atoms with van der Waals surface area (Å²) in [4.78, 5) is 2.55. The molecule has 1 fully saturated rings. The molecule has 1 heterocycles. The first kappa shape index (κ1) is 11.9. The zero-order chi connectivity index (χ0) is 10.7. The molecule has 1 unspecified atom stereocenters. The highest BCUT2D eigenvalue weighted by Gasteiger charge is 2.20. The van der Waals surface area contributed by atoms with Gasteiger partial charge in [0.1, 0.15) is 0 Å². The zero-order valence-corrected chi connectivity index (χ0v) is 12.4. The van der Waals surface area contributed by atoms with Gasteiger partial charge in [0.2, 0.25) is 0 Å². The molecule has 1 aliphatic rings. The number of hydrogen-bond acceptors (Lipinski definition) is 1. The molecule has 0 saturated carbocycles. The molecule has 82 valence electrons. The van der Waals surface area contributed by atoms with E-state index in [4.69, 9.17) is 0 Å². The third-order valence-corrected chi connectivity index (χ3v) is 4.54. The average molecular weight is 380 g/mol. The van der Waals surface area contributed by atoms with Gasteiger partial charge >= 0.3 is 0 Å². The van der Waals surface area contributed by atoms with E-state index in [2.05, 4.69) is 67.7 Å². The van der Waals surface area contributed by atoms with Crippen molar-refractivity contribution in [3.63, 3.8) is 0 Å². The first-order chi connectivity index (χ1) is 7.28. The number of benzene rings is 1. The SMILES string of the molecule is BrCC1CCN(Cc2ccc(I)cc2)C1. The second kappa shape index (κ2) is 5.64. The Hall–Kier alpha value is 0.390. The van der Waals surface area contributed by atoms with Crippen LogP contribution in [-0.4, -0.2) is 23.3 Å². The lowest BCUT2D eigenvalue weighted by Crippen LogP contribution is -2.20. The predicted molar refractivity (Wildman–Crippen MR) is 76.3 cm³/mol. The summed E-state index contributed by atoms with van der Waals surface area (Å²) in [6, 6.07) is 8.86. The van der Waals surface area contributed by atoms with Gasteiger partial charge in [0, 0.05) is 22.0 Å². The van der Waals surface area contributed by atoms with Crippen LogP contribution >= 0.6 is 38.5 Å². The van der Waals surface area contributed by atoms with Gasteiger partial charge in [0.05, 0.1) is 0 Å². The summed E-state index contributed by atoms with van der Waals surface area (Å²) in [5, 5.41) is 1.15. The van der Waals surface area contributed by atoms with Crippen LogP contribution < -0.4 is 0 Å². The van der Waals surface area contributed by atoms with Crippen molar-refractivity contribution in [2.45, 2.75) is 13.0 Å². The van der Waals surface area contributed by atoms with Gasteiger partial charge in [-0.1, -0.05) is 28.1 Å². The van der Waals surface area contributed by atoms with Crippen LogP contribution in [0.4, 0.5) is 0 Å². The number of hydrogen-bond donors (Lipinski definition) is 0. The minimum Gasteiger partial charge on any atom is -0.299 e. The molecule has 1 saturated heterocycles. The van der Waals surface area contributed by atoms with E-state index in [0.29, 0.717) is 0 Å². The molecule has 15 heavy (non-hydrogen) atoms. The summed E-state index contributed by atoms with van der Waals surface area (Å²) in [6.45, 7) is 3.61. The number of halogens is 2. The molecule has 0 spiro atoms. The first-order valence-electron chi connectivity index (χ1n) is 5.30. The Balaban J connectivity index is 1.90. The molecule has 0 bridgehead atoms. The summed E-state index contributed by atoms with van der Waals surface area (Å²) in [5.74, 6) is 0.855. The Labute approximate surface area is 114 Å². The topological polar surface area (TPSA) is 3.24 Å². The van der Waals surface area contributed by atoms with Crippen LogP contribution in [0.1, 0.15) is 12.0 Å². The third-order valence-electron chi connectivity index (χ3n) is 2.91. The van der Waals surface area contributed by atoms with Gasteiger partial charge in [-0.05, 0) is 59.2 Å². The Morgan fingerprint density at radius 2 is 2.07 bits per heavy atom. The van der Waals surface area contributed by atoms with E-state index in [0.717, 1.165) is 17.8 Å². The molecule has 0 aromatic heterocycles. The van der Waals surface area contributed by atoms with Gasteiger partial charge in [-0.3, -0.25) is 4.90 Å². The molecule has 2 rings (SSSR count). The highest BCUT2D eigenvalue weighted by Crippen LogP contribution is 2.20. The van der Waals surface area contributed by atoms with E-state index >= 15 is 0 Å². The summed E-state index contributed by atoms with van der Waals surface area (Å²) in [5.41, 5.74) is 1.44. The summed E-state index contributed by atoms with van der Waals surface area (Å²) in [6.07, 6.45) is 1.34. The molecule has 0 radical (unpaired) electrons. The lowest BCUT2D eigenvalue weighted by molar-refractivity contribution is 0.321. The fourth-order valence-electron chi connectivity index (χ4n) is 2.03. The van der Waals surface area contributed by atoms with Crippen molar-refractivity contribution < 1.29 is 0 Å². The van der Waals surface area contributed by atoms with Gasteiger partial charge in [-0.15, -0.1) is 0 Å². The van der Waals surface area contributed by atoms with E-state index in [-0.39, 0.29) is 0 Å². The highest BCUT2D eigenvalue weighted by atomic mass is 127. The number of rotatable bonds is 3. The molecule has 1 aromatic carbocycles. The molecular formula is C12H15BrIN. The molecule has 1 aromatic rings. The van der Waals surface area contributed by atoms with Crippen LogP contribution in [0.3, 0.4) is 0 Å². The van der Waals surface area contributed by atoms with E-state index in [1.165, 1.54) is 28.6 Å². The summed E-state index contributed by atoms with van der Waals surface area (Å²) in [7, 11) is 0. The van der Waals surface area contributed by atoms with Crippen LogP contribution in [0.5, 0.6) is 0 Å².